The topological polar surface area (TPSA) is 32.3 Å². The summed E-state index contributed by atoms with van der Waals surface area (Å²) in [5, 5.41) is 12.7. The average Bonchev–Trinajstić information content (AvgIpc) is 2.10. The lowest BCUT2D eigenvalue weighted by atomic mass is 10.1. The molecule has 0 heterocycles. The highest BCUT2D eigenvalue weighted by molar-refractivity contribution is 9.10. The molecule has 0 saturated heterocycles. The Hall–Kier alpha value is -0.0900. The van der Waals surface area contributed by atoms with Gasteiger partial charge in [-0.25, -0.2) is 0 Å². The van der Waals surface area contributed by atoms with Crippen LogP contribution < -0.4 is 5.32 Å². The summed E-state index contributed by atoms with van der Waals surface area (Å²) in [6.45, 7) is 0.0395. The maximum atomic E-state index is 9.04. The Balaban J connectivity index is 2.99. The molecule has 0 saturated carbocycles. The third-order valence-corrected chi connectivity index (χ3v) is 2.69. The number of likely N-dealkylation sites (N-methyl/N-ethyl adjacent to an activating group) is 1. The lowest BCUT2D eigenvalue weighted by Crippen LogP contribution is -2.20. The summed E-state index contributed by atoms with van der Waals surface area (Å²) >= 11 is 9.32. The maximum absolute atomic E-state index is 9.04. The van der Waals surface area contributed by atoms with Crippen LogP contribution in [-0.2, 0) is 0 Å². The Kier molecular flexibility index (Phi) is 4.19. The Morgan fingerprint density at radius 1 is 1.62 bits per heavy atom. The number of hydrogen-bond donors (Lipinski definition) is 2. The predicted molar refractivity (Wildman–Crippen MR) is 58.0 cm³/mol. The van der Waals surface area contributed by atoms with E-state index in [1.807, 2.05) is 18.2 Å². The first-order valence-electron chi connectivity index (χ1n) is 3.92. The van der Waals surface area contributed by atoms with Gasteiger partial charge in [-0.1, -0.05) is 33.6 Å². The summed E-state index contributed by atoms with van der Waals surface area (Å²) in [7, 11) is 1.79. The maximum Gasteiger partial charge on any atom is 0.0626 e. The van der Waals surface area contributed by atoms with Crippen LogP contribution in [0.2, 0.25) is 5.02 Å². The SMILES string of the molecule is CN[C@@H](CO)c1ccc(Br)cc1Cl. The highest BCUT2D eigenvalue weighted by Crippen LogP contribution is 2.25. The van der Waals surface area contributed by atoms with Crippen molar-refractivity contribution in [1.82, 2.24) is 5.32 Å². The van der Waals surface area contributed by atoms with E-state index in [2.05, 4.69) is 21.2 Å². The second-order valence-corrected chi connectivity index (χ2v) is 4.01. The molecule has 0 fully saturated rings. The van der Waals surface area contributed by atoms with Crippen LogP contribution in [0.4, 0.5) is 0 Å². The van der Waals surface area contributed by atoms with E-state index < -0.39 is 0 Å². The van der Waals surface area contributed by atoms with Gasteiger partial charge in [0.15, 0.2) is 0 Å². The molecule has 0 aliphatic carbocycles. The van der Waals surface area contributed by atoms with Gasteiger partial charge in [-0.2, -0.15) is 0 Å². The van der Waals surface area contributed by atoms with E-state index in [9.17, 15) is 0 Å². The van der Waals surface area contributed by atoms with Gasteiger partial charge in [-0.05, 0) is 24.7 Å². The van der Waals surface area contributed by atoms with Crippen molar-refractivity contribution in [2.75, 3.05) is 13.7 Å². The minimum Gasteiger partial charge on any atom is -0.394 e. The Bertz CT molecular complexity index is 289. The zero-order valence-electron chi connectivity index (χ0n) is 7.22. The second-order valence-electron chi connectivity index (χ2n) is 2.69. The molecular formula is C9H11BrClNO. The van der Waals surface area contributed by atoms with Gasteiger partial charge in [0.1, 0.15) is 0 Å². The van der Waals surface area contributed by atoms with Gasteiger partial charge in [0.05, 0.1) is 12.6 Å². The zero-order valence-corrected chi connectivity index (χ0v) is 9.56. The van der Waals surface area contributed by atoms with Crippen molar-refractivity contribution in [3.8, 4) is 0 Å². The lowest BCUT2D eigenvalue weighted by molar-refractivity contribution is 0.251. The molecule has 2 N–H and O–H groups in total. The van der Waals surface area contributed by atoms with Crippen LogP contribution in [0.15, 0.2) is 22.7 Å². The standard InChI is InChI=1S/C9H11BrClNO/c1-12-9(5-13)7-3-2-6(10)4-8(7)11/h2-4,9,12-13H,5H2,1H3/t9-/m0/s1. The molecule has 0 aliphatic heterocycles. The summed E-state index contributed by atoms with van der Waals surface area (Å²) in [6.07, 6.45) is 0. The molecule has 4 heteroatoms. The van der Waals surface area contributed by atoms with Crippen molar-refractivity contribution in [3.63, 3.8) is 0 Å². The van der Waals surface area contributed by atoms with E-state index in [4.69, 9.17) is 16.7 Å². The molecule has 1 rings (SSSR count). The van der Waals surface area contributed by atoms with E-state index in [1.165, 1.54) is 0 Å². The van der Waals surface area contributed by atoms with Crippen LogP contribution in [0.1, 0.15) is 11.6 Å². The molecular weight excluding hydrogens is 253 g/mol. The van der Waals surface area contributed by atoms with E-state index >= 15 is 0 Å². The second kappa shape index (κ2) is 4.96. The summed E-state index contributed by atoms with van der Waals surface area (Å²) in [6, 6.07) is 5.52. The minimum atomic E-state index is -0.0967. The van der Waals surface area contributed by atoms with Crippen molar-refractivity contribution >= 4 is 27.5 Å². The van der Waals surface area contributed by atoms with Crippen LogP contribution in [0.25, 0.3) is 0 Å². The molecule has 0 radical (unpaired) electrons. The fourth-order valence-corrected chi connectivity index (χ4v) is 1.93. The summed E-state index contributed by atoms with van der Waals surface area (Å²) in [4.78, 5) is 0. The van der Waals surface area contributed by atoms with E-state index in [0.29, 0.717) is 5.02 Å². The molecule has 2 nitrogen and oxygen atoms in total. The predicted octanol–water partition coefficient (Wildman–Crippen LogP) is 2.36. The quantitative estimate of drug-likeness (QED) is 0.878. The van der Waals surface area contributed by atoms with Crippen LogP contribution in [0.3, 0.4) is 0 Å². The fourth-order valence-electron chi connectivity index (χ4n) is 1.13. The summed E-state index contributed by atoms with van der Waals surface area (Å²) < 4.78 is 0.939. The smallest absolute Gasteiger partial charge is 0.0626 e. The van der Waals surface area contributed by atoms with Crippen LogP contribution in [0.5, 0.6) is 0 Å². The van der Waals surface area contributed by atoms with Gasteiger partial charge in [0, 0.05) is 9.50 Å². The number of hydrogen-bond acceptors (Lipinski definition) is 2. The van der Waals surface area contributed by atoms with Crippen molar-refractivity contribution in [1.29, 1.82) is 0 Å². The average molecular weight is 265 g/mol. The normalized spacial score (nSPS) is 12.9. The van der Waals surface area contributed by atoms with Gasteiger partial charge in [-0.15, -0.1) is 0 Å². The molecule has 0 aliphatic rings. The highest BCUT2D eigenvalue weighted by atomic mass is 79.9. The molecule has 0 spiro atoms. The molecule has 13 heavy (non-hydrogen) atoms. The van der Waals surface area contributed by atoms with Crippen molar-refractivity contribution in [3.05, 3.63) is 33.3 Å². The first-order valence-corrected chi connectivity index (χ1v) is 5.09. The van der Waals surface area contributed by atoms with Crippen LogP contribution >= 0.6 is 27.5 Å². The van der Waals surface area contributed by atoms with Gasteiger partial charge in [0.25, 0.3) is 0 Å². The molecule has 0 bridgehead atoms. The number of nitrogens with one attached hydrogen (secondary N) is 1. The zero-order chi connectivity index (χ0) is 9.84. The lowest BCUT2D eigenvalue weighted by Gasteiger charge is -2.14. The Morgan fingerprint density at radius 2 is 2.31 bits per heavy atom. The molecule has 0 amide bonds. The monoisotopic (exact) mass is 263 g/mol. The molecule has 1 aromatic rings. The number of rotatable bonds is 3. The first-order chi connectivity index (χ1) is 6.19. The fraction of sp³-hybridized carbons (Fsp3) is 0.333. The Labute approximate surface area is 91.0 Å². The van der Waals surface area contributed by atoms with Crippen molar-refractivity contribution in [2.45, 2.75) is 6.04 Å². The summed E-state index contributed by atoms with van der Waals surface area (Å²) in [5.74, 6) is 0. The third kappa shape index (κ3) is 2.68. The number of aliphatic hydroxyl groups excluding tert-OH is 1. The molecule has 1 atom stereocenters. The number of benzene rings is 1. The van der Waals surface area contributed by atoms with E-state index in [-0.39, 0.29) is 12.6 Å². The van der Waals surface area contributed by atoms with E-state index in [0.717, 1.165) is 10.0 Å². The van der Waals surface area contributed by atoms with Crippen molar-refractivity contribution in [2.24, 2.45) is 0 Å². The van der Waals surface area contributed by atoms with Gasteiger partial charge in [-0.3, -0.25) is 0 Å². The molecule has 1 aromatic carbocycles. The Morgan fingerprint density at radius 3 is 2.77 bits per heavy atom. The highest BCUT2D eigenvalue weighted by Gasteiger charge is 2.11. The summed E-state index contributed by atoms with van der Waals surface area (Å²) in [5.41, 5.74) is 0.912. The van der Waals surface area contributed by atoms with Gasteiger partial charge < -0.3 is 10.4 Å². The molecule has 0 aromatic heterocycles. The number of aliphatic hydroxyl groups is 1. The van der Waals surface area contributed by atoms with E-state index in [1.54, 1.807) is 7.05 Å². The van der Waals surface area contributed by atoms with Gasteiger partial charge in [0.2, 0.25) is 0 Å². The van der Waals surface area contributed by atoms with Crippen LogP contribution in [-0.4, -0.2) is 18.8 Å². The minimum absolute atomic E-state index is 0.0395. The number of halogens is 2. The van der Waals surface area contributed by atoms with Crippen molar-refractivity contribution < 1.29 is 5.11 Å². The van der Waals surface area contributed by atoms with Crippen LogP contribution in [0, 0.1) is 0 Å². The first kappa shape index (κ1) is 11.0. The molecule has 0 unspecified atom stereocenters. The largest absolute Gasteiger partial charge is 0.394 e. The third-order valence-electron chi connectivity index (χ3n) is 1.87. The molecule has 72 valence electrons. The van der Waals surface area contributed by atoms with Gasteiger partial charge >= 0.3 is 0 Å².